The first-order valence-electron chi connectivity index (χ1n) is 4.54. The minimum Gasteiger partial charge on any atom is -0.462 e. The van der Waals surface area contributed by atoms with E-state index in [1.54, 1.807) is 0 Å². The van der Waals surface area contributed by atoms with Crippen LogP contribution < -0.4 is 0 Å². The SMILES string of the molecule is CCOC(=O)c1c(C(F)(F)F)nn(C)c1C#N. The smallest absolute Gasteiger partial charge is 0.436 e. The van der Waals surface area contributed by atoms with E-state index in [2.05, 4.69) is 9.84 Å². The number of aryl methyl sites for hydroxylation is 1. The molecule has 0 N–H and O–H groups in total. The average Bonchev–Trinajstić information content (AvgIpc) is 2.55. The summed E-state index contributed by atoms with van der Waals surface area (Å²) < 4.78 is 42.9. The molecule has 1 heterocycles. The third-order valence-corrected chi connectivity index (χ3v) is 1.90. The number of esters is 1. The molecule has 0 atom stereocenters. The Bertz CT molecular complexity index is 485. The highest BCUT2D eigenvalue weighted by molar-refractivity contribution is 5.93. The predicted molar refractivity (Wildman–Crippen MR) is 48.9 cm³/mol. The van der Waals surface area contributed by atoms with Gasteiger partial charge < -0.3 is 4.74 Å². The van der Waals surface area contributed by atoms with Crippen molar-refractivity contribution in [1.82, 2.24) is 9.78 Å². The van der Waals surface area contributed by atoms with Crippen LogP contribution in [-0.2, 0) is 18.0 Å². The Labute approximate surface area is 94.4 Å². The third-order valence-electron chi connectivity index (χ3n) is 1.90. The highest BCUT2D eigenvalue weighted by Crippen LogP contribution is 2.32. The number of halogens is 3. The molecule has 0 unspecified atom stereocenters. The Balaban J connectivity index is 3.44. The topological polar surface area (TPSA) is 67.9 Å². The number of nitrogens with zero attached hydrogens (tertiary/aromatic N) is 3. The summed E-state index contributed by atoms with van der Waals surface area (Å²) in [5.74, 6) is -1.20. The molecule has 92 valence electrons. The normalized spacial score (nSPS) is 11.1. The molecular formula is C9H8F3N3O2. The monoisotopic (exact) mass is 247 g/mol. The average molecular weight is 247 g/mol. The molecule has 1 rings (SSSR count). The molecular weight excluding hydrogens is 239 g/mol. The van der Waals surface area contributed by atoms with Gasteiger partial charge in [-0.2, -0.15) is 23.5 Å². The lowest BCUT2D eigenvalue weighted by molar-refractivity contribution is -0.142. The van der Waals surface area contributed by atoms with Crippen LogP contribution in [0.4, 0.5) is 13.2 Å². The van der Waals surface area contributed by atoms with Crippen LogP contribution in [0.15, 0.2) is 0 Å². The fourth-order valence-electron chi connectivity index (χ4n) is 1.25. The van der Waals surface area contributed by atoms with Crippen molar-refractivity contribution in [3.8, 4) is 6.07 Å². The van der Waals surface area contributed by atoms with E-state index in [9.17, 15) is 18.0 Å². The summed E-state index contributed by atoms with van der Waals surface area (Å²) in [7, 11) is 1.15. The Hall–Kier alpha value is -2.04. The van der Waals surface area contributed by atoms with Gasteiger partial charge in [0.1, 0.15) is 11.6 Å². The Kier molecular flexibility index (Phi) is 3.41. The van der Waals surface area contributed by atoms with Crippen LogP contribution in [0.25, 0.3) is 0 Å². The number of nitriles is 1. The maximum Gasteiger partial charge on any atom is 0.436 e. The van der Waals surface area contributed by atoms with Gasteiger partial charge in [-0.05, 0) is 6.92 Å². The number of rotatable bonds is 2. The van der Waals surface area contributed by atoms with E-state index in [4.69, 9.17) is 5.26 Å². The molecule has 0 aliphatic rings. The molecule has 0 saturated heterocycles. The fraction of sp³-hybridized carbons (Fsp3) is 0.444. The molecule has 0 aliphatic heterocycles. The van der Waals surface area contributed by atoms with Crippen molar-refractivity contribution in [2.45, 2.75) is 13.1 Å². The predicted octanol–water partition coefficient (Wildman–Crippen LogP) is 1.49. The van der Waals surface area contributed by atoms with Crippen LogP contribution in [-0.4, -0.2) is 22.4 Å². The van der Waals surface area contributed by atoms with Gasteiger partial charge in [-0.3, -0.25) is 4.68 Å². The van der Waals surface area contributed by atoms with Crippen LogP contribution in [0, 0.1) is 11.3 Å². The van der Waals surface area contributed by atoms with Crippen molar-refractivity contribution in [3.05, 3.63) is 17.0 Å². The Morgan fingerprint density at radius 3 is 2.59 bits per heavy atom. The lowest BCUT2D eigenvalue weighted by atomic mass is 10.2. The molecule has 1 aromatic rings. The van der Waals surface area contributed by atoms with Crippen molar-refractivity contribution >= 4 is 5.97 Å². The van der Waals surface area contributed by atoms with E-state index in [0.717, 1.165) is 7.05 Å². The number of alkyl halides is 3. The number of ether oxygens (including phenoxy) is 1. The summed E-state index contributed by atoms with van der Waals surface area (Å²) in [6.45, 7) is 1.36. The summed E-state index contributed by atoms with van der Waals surface area (Å²) in [5.41, 5.74) is -2.73. The van der Waals surface area contributed by atoms with Crippen LogP contribution in [0.3, 0.4) is 0 Å². The van der Waals surface area contributed by atoms with Gasteiger partial charge in [-0.25, -0.2) is 4.79 Å². The van der Waals surface area contributed by atoms with Crippen molar-refractivity contribution in [2.75, 3.05) is 6.61 Å². The minimum atomic E-state index is -4.81. The van der Waals surface area contributed by atoms with Gasteiger partial charge in [0.25, 0.3) is 0 Å². The van der Waals surface area contributed by atoms with Gasteiger partial charge in [0.15, 0.2) is 11.4 Å². The number of hydrogen-bond acceptors (Lipinski definition) is 4. The number of hydrogen-bond donors (Lipinski definition) is 0. The van der Waals surface area contributed by atoms with Gasteiger partial charge in [-0.15, -0.1) is 0 Å². The molecule has 8 heteroatoms. The zero-order chi connectivity index (χ0) is 13.2. The largest absolute Gasteiger partial charge is 0.462 e. The van der Waals surface area contributed by atoms with Crippen molar-refractivity contribution in [3.63, 3.8) is 0 Å². The molecule has 0 fully saturated rings. The Morgan fingerprint density at radius 2 is 2.18 bits per heavy atom. The summed E-state index contributed by atoms with van der Waals surface area (Å²) >= 11 is 0. The zero-order valence-corrected chi connectivity index (χ0v) is 9.00. The summed E-state index contributed by atoms with van der Waals surface area (Å²) in [6.07, 6.45) is -4.81. The van der Waals surface area contributed by atoms with Gasteiger partial charge in [-0.1, -0.05) is 0 Å². The van der Waals surface area contributed by atoms with E-state index in [0.29, 0.717) is 4.68 Å². The molecule has 0 spiro atoms. The first-order valence-corrected chi connectivity index (χ1v) is 4.54. The second kappa shape index (κ2) is 4.45. The van der Waals surface area contributed by atoms with E-state index < -0.39 is 29.1 Å². The van der Waals surface area contributed by atoms with E-state index >= 15 is 0 Å². The fourth-order valence-corrected chi connectivity index (χ4v) is 1.25. The Morgan fingerprint density at radius 1 is 1.59 bits per heavy atom. The van der Waals surface area contributed by atoms with Crippen LogP contribution in [0.5, 0.6) is 0 Å². The summed E-state index contributed by atoms with van der Waals surface area (Å²) in [6, 6.07) is 1.50. The number of carbonyl (C=O) groups excluding carboxylic acids is 1. The van der Waals surface area contributed by atoms with E-state index in [-0.39, 0.29) is 6.61 Å². The van der Waals surface area contributed by atoms with Crippen LogP contribution >= 0.6 is 0 Å². The van der Waals surface area contributed by atoms with Gasteiger partial charge in [0, 0.05) is 7.05 Å². The zero-order valence-electron chi connectivity index (χ0n) is 9.00. The summed E-state index contributed by atoms with van der Waals surface area (Å²) in [5, 5.41) is 11.8. The van der Waals surface area contributed by atoms with E-state index in [1.807, 2.05) is 0 Å². The standard InChI is InChI=1S/C9H8F3N3O2/c1-3-17-8(16)6-5(4-13)15(2)14-7(6)9(10,11)12/h3H2,1-2H3. The van der Waals surface area contributed by atoms with E-state index in [1.165, 1.54) is 13.0 Å². The molecule has 17 heavy (non-hydrogen) atoms. The van der Waals surface area contributed by atoms with Gasteiger partial charge in [0.2, 0.25) is 0 Å². The molecule has 0 amide bonds. The number of carbonyl (C=O) groups is 1. The summed E-state index contributed by atoms with van der Waals surface area (Å²) in [4.78, 5) is 11.4. The second-order valence-electron chi connectivity index (χ2n) is 3.03. The quantitative estimate of drug-likeness (QED) is 0.742. The first-order chi connectivity index (χ1) is 7.82. The van der Waals surface area contributed by atoms with Crippen LogP contribution in [0.1, 0.15) is 28.7 Å². The molecule has 0 aliphatic carbocycles. The third kappa shape index (κ3) is 2.38. The molecule has 0 bridgehead atoms. The highest BCUT2D eigenvalue weighted by atomic mass is 19.4. The van der Waals surface area contributed by atoms with Crippen molar-refractivity contribution in [1.29, 1.82) is 5.26 Å². The van der Waals surface area contributed by atoms with Crippen molar-refractivity contribution < 1.29 is 22.7 Å². The molecule has 1 aromatic heterocycles. The van der Waals surface area contributed by atoms with Gasteiger partial charge in [0.05, 0.1) is 6.61 Å². The molecule has 0 saturated carbocycles. The van der Waals surface area contributed by atoms with Crippen LogP contribution in [0.2, 0.25) is 0 Å². The molecule has 0 aromatic carbocycles. The molecule has 0 radical (unpaired) electrons. The number of aromatic nitrogens is 2. The van der Waals surface area contributed by atoms with Gasteiger partial charge >= 0.3 is 12.1 Å². The maximum absolute atomic E-state index is 12.6. The lowest BCUT2D eigenvalue weighted by Gasteiger charge is -2.05. The lowest BCUT2D eigenvalue weighted by Crippen LogP contribution is -2.15. The second-order valence-corrected chi connectivity index (χ2v) is 3.03. The maximum atomic E-state index is 12.6. The van der Waals surface area contributed by atoms with Crippen molar-refractivity contribution in [2.24, 2.45) is 7.05 Å². The molecule has 5 nitrogen and oxygen atoms in total. The first kappa shape index (κ1) is 13.0. The highest BCUT2D eigenvalue weighted by Gasteiger charge is 2.41. The minimum absolute atomic E-state index is 0.0874.